The summed E-state index contributed by atoms with van der Waals surface area (Å²) in [6.07, 6.45) is 3.75. The van der Waals surface area contributed by atoms with Gasteiger partial charge in [-0.2, -0.15) is 0 Å². The number of thiazole rings is 1. The molecule has 17 heavy (non-hydrogen) atoms. The first kappa shape index (κ1) is 12.2. The van der Waals surface area contributed by atoms with E-state index in [0.29, 0.717) is 0 Å². The molecule has 0 atom stereocenters. The highest BCUT2D eigenvalue weighted by Gasteiger charge is 2.04. The molecule has 4 heteroatoms. The highest BCUT2D eigenvalue weighted by atomic mass is 32.1. The normalized spacial score (nSPS) is 10.8. The quantitative estimate of drug-likeness (QED) is 0.902. The van der Waals surface area contributed by atoms with Crippen LogP contribution in [0.25, 0.3) is 0 Å². The fraction of sp³-hybridized carbons (Fsp3) is 0.385. The molecule has 2 aromatic heterocycles. The largest absolute Gasteiger partial charge is 0.308 e. The van der Waals surface area contributed by atoms with Crippen LogP contribution in [0.4, 0.5) is 0 Å². The fourth-order valence-electron chi connectivity index (χ4n) is 1.73. The van der Waals surface area contributed by atoms with E-state index >= 15 is 0 Å². The average Bonchev–Trinajstić information content (AvgIpc) is 2.60. The first-order chi connectivity index (χ1) is 8.16. The van der Waals surface area contributed by atoms with E-state index in [9.17, 15) is 0 Å². The van der Waals surface area contributed by atoms with Gasteiger partial charge >= 0.3 is 0 Å². The maximum atomic E-state index is 4.42. The van der Waals surface area contributed by atoms with E-state index in [1.165, 1.54) is 16.0 Å². The van der Waals surface area contributed by atoms with Crippen LogP contribution in [0.1, 0.15) is 26.7 Å². The Kier molecular flexibility index (Phi) is 3.86. The van der Waals surface area contributed by atoms with Crippen molar-refractivity contribution < 1.29 is 0 Å². The lowest BCUT2D eigenvalue weighted by Gasteiger charge is -2.06. The molecule has 2 rings (SSSR count). The topological polar surface area (TPSA) is 37.8 Å². The lowest BCUT2D eigenvalue weighted by atomic mass is 10.1. The molecule has 0 bridgehead atoms. The molecule has 0 saturated heterocycles. The van der Waals surface area contributed by atoms with Crippen LogP contribution in [0.5, 0.6) is 0 Å². The molecule has 0 spiro atoms. The van der Waals surface area contributed by atoms with Crippen molar-refractivity contribution in [2.45, 2.75) is 33.9 Å². The third kappa shape index (κ3) is 3.11. The molecule has 1 N–H and O–H groups in total. The van der Waals surface area contributed by atoms with Gasteiger partial charge in [0.25, 0.3) is 0 Å². The first-order valence-corrected chi connectivity index (χ1v) is 6.51. The zero-order valence-corrected chi connectivity index (χ0v) is 11.3. The minimum Gasteiger partial charge on any atom is -0.308 e. The Morgan fingerprint density at radius 1 is 1.24 bits per heavy atom. The summed E-state index contributed by atoms with van der Waals surface area (Å²) in [6.45, 7) is 7.96. The Morgan fingerprint density at radius 3 is 2.71 bits per heavy atom. The third-order valence-electron chi connectivity index (χ3n) is 2.75. The SMILES string of the molecule is Cc1nc(C)c(CNCc2cnccc2C)s1. The molecule has 0 saturated carbocycles. The summed E-state index contributed by atoms with van der Waals surface area (Å²) in [5.74, 6) is 0. The number of rotatable bonds is 4. The van der Waals surface area contributed by atoms with Crippen molar-refractivity contribution in [3.8, 4) is 0 Å². The smallest absolute Gasteiger partial charge is 0.0900 e. The van der Waals surface area contributed by atoms with Crippen LogP contribution in [0.3, 0.4) is 0 Å². The van der Waals surface area contributed by atoms with E-state index in [2.05, 4.69) is 29.1 Å². The highest BCUT2D eigenvalue weighted by Crippen LogP contribution is 2.16. The highest BCUT2D eigenvalue weighted by molar-refractivity contribution is 7.11. The molecule has 90 valence electrons. The summed E-state index contributed by atoms with van der Waals surface area (Å²) in [6, 6.07) is 2.04. The summed E-state index contributed by atoms with van der Waals surface area (Å²) in [5, 5.41) is 4.58. The van der Waals surface area contributed by atoms with Crippen LogP contribution in [-0.2, 0) is 13.1 Å². The summed E-state index contributed by atoms with van der Waals surface area (Å²) in [7, 11) is 0. The summed E-state index contributed by atoms with van der Waals surface area (Å²) < 4.78 is 0. The van der Waals surface area contributed by atoms with E-state index in [-0.39, 0.29) is 0 Å². The number of nitrogens with one attached hydrogen (secondary N) is 1. The van der Waals surface area contributed by atoms with Crippen LogP contribution in [0.2, 0.25) is 0 Å². The molecule has 0 radical (unpaired) electrons. The second-order valence-electron chi connectivity index (χ2n) is 4.15. The number of nitrogens with zero attached hydrogens (tertiary/aromatic N) is 2. The van der Waals surface area contributed by atoms with E-state index in [4.69, 9.17) is 0 Å². The number of aromatic nitrogens is 2. The maximum Gasteiger partial charge on any atom is 0.0900 e. The van der Waals surface area contributed by atoms with E-state index in [1.807, 2.05) is 25.4 Å². The van der Waals surface area contributed by atoms with Gasteiger partial charge in [0.2, 0.25) is 0 Å². The maximum absolute atomic E-state index is 4.42. The molecule has 3 nitrogen and oxygen atoms in total. The van der Waals surface area contributed by atoms with Crippen LogP contribution in [-0.4, -0.2) is 9.97 Å². The van der Waals surface area contributed by atoms with Crippen LogP contribution < -0.4 is 5.32 Å². The van der Waals surface area contributed by atoms with Crippen molar-refractivity contribution in [3.05, 3.63) is 45.2 Å². The number of aryl methyl sites for hydroxylation is 3. The molecule has 0 aliphatic rings. The van der Waals surface area contributed by atoms with Gasteiger partial charge in [0.1, 0.15) is 0 Å². The van der Waals surface area contributed by atoms with Crippen LogP contribution in [0, 0.1) is 20.8 Å². The monoisotopic (exact) mass is 247 g/mol. The van der Waals surface area contributed by atoms with Gasteiger partial charge in [0.05, 0.1) is 10.7 Å². The molecule has 2 heterocycles. The number of hydrogen-bond donors (Lipinski definition) is 1. The molecule has 0 unspecified atom stereocenters. The molecule has 2 aromatic rings. The zero-order valence-electron chi connectivity index (χ0n) is 10.4. The molecule has 0 aromatic carbocycles. The second kappa shape index (κ2) is 5.38. The van der Waals surface area contributed by atoms with E-state index < -0.39 is 0 Å². The van der Waals surface area contributed by atoms with Crippen molar-refractivity contribution in [2.75, 3.05) is 0 Å². The first-order valence-electron chi connectivity index (χ1n) is 5.70. The molecule has 0 aliphatic heterocycles. The van der Waals surface area contributed by atoms with E-state index in [0.717, 1.165) is 23.8 Å². The Hall–Kier alpha value is -1.26. The lowest BCUT2D eigenvalue weighted by molar-refractivity contribution is 0.692. The fourth-order valence-corrected chi connectivity index (χ4v) is 2.64. The molecule has 0 fully saturated rings. The van der Waals surface area contributed by atoms with E-state index in [1.54, 1.807) is 11.3 Å². The Labute approximate surface area is 106 Å². The number of hydrogen-bond acceptors (Lipinski definition) is 4. The predicted molar refractivity (Wildman–Crippen MR) is 71.1 cm³/mol. The third-order valence-corrected chi connectivity index (χ3v) is 3.82. The van der Waals surface area contributed by atoms with Crippen molar-refractivity contribution in [1.82, 2.24) is 15.3 Å². The Bertz CT molecular complexity index is 505. The summed E-state index contributed by atoms with van der Waals surface area (Å²) >= 11 is 1.76. The van der Waals surface area contributed by atoms with Crippen LogP contribution >= 0.6 is 11.3 Å². The minimum atomic E-state index is 0.857. The zero-order chi connectivity index (χ0) is 12.3. The molecule has 0 aliphatic carbocycles. The van der Waals surface area contributed by atoms with Gasteiger partial charge in [-0.05, 0) is 38.0 Å². The van der Waals surface area contributed by atoms with Crippen molar-refractivity contribution in [1.29, 1.82) is 0 Å². The van der Waals surface area contributed by atoms with Gasteiger partial charge in [-0.3, -0.25) is 4.98 Å². The second-order valence-corrected chi connectivity index (χ2v) is 5.43. The summed E-state index contributed by atoms with van der Waals surface area (Å²) in [5.41, 5.74) is 3.68. The van der Waals surface area contributed by atoms with Gasteiger partial charge < -0.3 is 5.32 Å². The standard InChI is InChI=1S/C13H17N3S/c1-9-4-5-14-6-12(9)7-15-8-13-10(2)16-11(3)17-13/h4-6,15H,7-8H2,1-3H3. The number of pyridine rings is 1. The Morgan fingerprint density at radius 2 is 2.06 bits per heavy atom. The van der Waals surface area contributed by atoms with Gasteiger partial charge in [0, 0.05) is 30.4 Å². The average molecular weight is 247 g/mol. The molecular weight excluding hydrogens is 230 g/mol. The van der Waals surface area contributed by atoms with Crippen LogP contribution in [0.15, 0.2) is 18.5 Å². The van der Waals surface area contributed by atoms with Gasteiger partial charge in [0.15, 0.2) is 0 Å². The van der Waals surface area contributed by atoms with Gasteiger partial charge in [-0.15, -0.1) is 11.3 Å². The molecule has 0 amide bonds. The Balaban J connectivity index is 1.92. The predicted octanol–water partition coefficient (Wildman–Crippen LogP) is 2.75. The van der Waals surface area contributed by atoms with Gasteiger partial charge in [-0.1, -0.05) is 0 Å². The van der Waals surface area contributed by atoms with Gasteiger partial charge in [-0.25, -0.2) is 4.98 Å². The van der Waals surface area contributed by atoms with Crippen molar-refractivity contribution in [3.63, 3.8) is 0 Å². The molecular formula is C13H17N3S. The van der Waals surface area contributed by atoms with Crippen molar-refractivity contribution >= 4 is 11.3 Å². The lowest BCUT2D eigenvalue weighted by Crippen LogP contribution is -2.13. The van der Waals surface area contributed by atoms with Crippen molar-refractivity contribution in [2.24, 2.45) is 0 Å². The minimum absolute atomic E-state index is 0.857. The summed E-state index contributed by atoms with van der Waals surface area (Å²) in [4.78, 5) is 9.89.